The Kier molecular flexibility index (Phi) is 5.92. The predicted molar refractivity (Wildman–Crippen MR) is 102 cm³/mol. The van der Waals surface area contributed by atoms with Gasteiger partial charge in [0.05, 0.1) is 10.5 Å². The molecule has 0 spiro atoms. The molecule has 0 radical (unpaired) electrons. The van der Waals surface area contributed by atoms with Gasteiger partial charge in [0, 0.05) is 21.7 Å². The molecule has 10 heteroatoms. The number of nitro groups is 1. The minimum atomic E-state index is -0.857. The van der Waals surface area contributed by atoms with Crippen LogP contribution in [0, 0.1) is 10.1 Å². The van der Waals surface area contributed by atoms with Crippen molar-refractivity contribution in [3.63, 3.8) is 0 Å². The fourth-order valence-corrected chi connectivity index (χ4v) is 2.61. The Hall–Kier alpha value is -2.84. The lowest BCUT2D eigenvalue weighted by Gasteiger charge is -2.08. The fourth-order valence-electron chi connectivity index (χ4n) is 2.29. The van der Waals surface area contributed by atoms with Crippen LogP contribution in [-0.4, -0.2) is 25.3 Å². The summed E-state index contributed by atoms with van der Waals surface area (Å²) >= 11 is 12.3. The van der Waals surface area contributed by atoms with Gasteiger partial charge in [0.1, 0.15) is 0 Å². The summed E-state index contributed by atoms with van der Waals surface area (Å²) in [6.45, 7) is 9.04. The number of nitrogens with zero attached hydrogens (tertiary/aromatic N) is 3. The van der Waals surface area contributed by atoms with Crippen molar-refractivity contribution in [2.75, 3.05) is 0 Å². The number of phenolic OH excluding ortho intramolecular Hbond substituents is 2. The molecular weight excluding hydrogens is 397 g/mol. The Labute approximate surface area is 164 Å². The van der Waals surface area contributed by atoms with Crippen LogP contribution in [-0.2, 0) is 0 Å². The largest absolute Gasteiger partial charge is 0.504 e. The van der Waals surface area contributed by atoms with E-state index in [1.165, 1.54) is 0 Å². The number of nitro benzene ring substituents is 1. The summed E-state index contributed by atoms with van der Waals surface area (Å²) in [6, 6.07) is 2.07. The number of benzene rings is 1. The van der Waals surface area contributed by atoms with Gasteiger partial charge in [0.15, 0.2) is 5.75 Å². The SMILES string of the molecule is C=C(Cl)/C(=C(/C)C(Cl)=C(C)C)c1noc(-c2cc(O)c(O)c([N+](=O)[O-])c2)n1. The molecule has 2 N–H and O–H groups in total. The molecule has 0 unspecified atom stereocenters. The molecule has 0 atom stereocenters. The number of halogens is 2. The van der Waals surface area contributed by atoms with Crippen molar-refractivity contribution < 1.29 is 19.7 Å². The van der Waals surface area contributed by atoms with E-state index in [1.807, 2.05) is 13.8 Å². The molecule has 27 heavy (non-hydrogen) atoms. The number of allylic oxidation sites excluding steroid dienone is 5. The molecule has 1 aromatic carbocycles. The molecule has 2 rings (SSSR count). The molecule has 0 aliphatic carbocycles. The van der Waals surface area contributed by atoms with Gasteiger partial charge < -0.3 is 14.7 Å². The summed E-state index contributed by atoms with van der Waals surface area (Å²) in [5.74, 6) is -1.61. The zero-order valence-electron chi connectivity index (χ0n) is 14.6. The van der Waals surface area contributed by atoms with E-state index in [2.05, 4.69) is 16.7 Å². The van der Waals surface area contributed by atoms with Gasteiger partial charge in [-0.1, -0.05) is 40.5 Å². The van der Waals surface area contributed by atoms with Crippen molar-refractivity contribution in [2.45, 2.75) is 20.8 Å². The van der Waals surface area contributed by atoms with E-state index in [-0.39, 0.29) is 22.3 Å². The topological polar surface area (TPSA) is 123 Å². The fraction of sp³-hybridized carbons (Fsp3) is 0.176. The summed E-state index contributed by atoms with van der Waals surface area (Å²) in [5.41, 5.74) is 1.10. The number of hydrogen-bond acceptors (Lipinski definition) is 7. The highest BCUT2D eigenvalue weighted by Crippen LogP contribution is 2.39. The highest BCUT2D eigenvalue weighted by atomic mass is 35.5. The maximum absolute atomic E-state index is 11.0. The predicted octanol–water partition coefficient (Wildman–Crippen LogP) is 5.11. The Morgan fingerprint density at radius 1 is 1.26 bits per heavy atom. The van der Waals surface area contributed by atoms with Crippen molar-refractivity contribution in [1.82, 2.24) is 10.1 Å². The Balaban J connectivity index is 2.62. The minimum absolute atomic E-state index is 0.0428. The molecule has 0 saturated heterocycles. The molecule has 8 nitrogen and oxygen atoms in total. The van der Waals surface area contributed by atoms with Crippen LogP contribution in [0.15, 0.2) is 44.4 Å². The number of aromatic hydroxyl groups is 2. The lowest BCUT2D eigenvalue weighted by atomic mass is 10.1. The van der Waals surface area contributed by atoms with Gasteiger partial charge in [-0.05, 0) is 32.4 Å². The average molecular weight is 412 g/mol. The quantitative estimate of drug-likeness (QED) is 0.303. The monoisotopic (exact) mass is 411 g/mol. The maximum Gasteiger partial charge on any atom is 0.315 e. The van der Waals surface area contributed by atoms with E-state index in [4.69, 9.17) is 27.7 Å². The van der Waals surface area contributed by atoms with E-state index in [1.54, 1.807) is 6.92 Å². The van der Waals surface area contributed by atoms with E-state index < -0.39 is 22.1 Å². The van der Waals surface area contributed by atoms with Crippen molar-refractivity contribution in [3.8, 4) is 23.0 Å². The standard InChI is InChI=1S/C17H15Cl2N3O5/c1-7(2)14(19)8(3)13(9(4)18)16-20-17(27-21-16)10-5-11(22(25)26)15(24)12(23)6-10/h5-6,23-24H,4H2,1-3H3/b13-8+. The Bertz CT molecular complexity index is 1000. The number of phenols is 2. The van der Waals surface area contributed by atoms with Crippen LogP contribution in [0.5, 0.6) is 11.5 Å². The smallest absolute Gasteiger partial charge is 0.315 e. The first-order chi connectivity index (χ1) is 12.5. The molecular formula is C17H15Cl2N3O5. The van der Waals surface area contributed by atoms with Crippen LogP contribution < -0.4 is 0 Å². The van der Waals surface area contributed by atoms with E-state index >= 15 is 0 Å². The molecule has 0 aliphatic rings. The van der Waals surface area contributed by atoms with Crippen molar-refractivity contribution >= 4 is 34.5 Å². The molecule has 0 bridgehead atoms. The third-order valence-corrected chi connectivity index (χ3v) is 4.43. The van der Waals surface area contributed by atoms with Gasteiger partial charge in [0.25, 0.3) is 5.89 Å². The van der Waals surface area contributed by atoms with Gasteiger partial charge >= 0.3 is 5.69 Å². The molecule has 0 aliphatic heterocycles. The van der Waals surface area contributed by atoms with Crippen LogP contribution in [0.1, 0.15) is 26.6 Å². The number of aromatic nitrogens is 2. The first kappa shape index (κ1) is 20.5. The summed E-state index contributed by atoms with van der Waals surface area (Å²) in [6.07, 6.45) is 0. The molecule has 1 aromatic heterocycles. The number of rotatable bonds is 5. The molecule has 2 aromatic rings. The zero-order valence-corrected chi connectivity index (χ0v) is 16.1. The molecule has 0 amide bonds. The molecule has 142 valence electrons. The highest BCUT2D eigenvalue weighted by molar-refractivity contribution is 6.38. The van der Waals surface area contributed by atoms with Crippen molar-refractivity contribution in [1.29, 1.82) is 0 Å². The van der Waals surface area contributed by atoms with Gasteiger partial charge in [0.2, 0.25) is 11.6 Å². The third-order valence-electron chi connectivity index (χ3n) is 3.58. The highest BCUT2D eigenvalue weighted by Gasteiger charge is 2.23. The van der Waals surface area contributed by atoms with Crippen molar-refractivity contribution in [3.05, 3.63) is 55.9 Å². The second-order valence-electron chi connectivity index (χ2n) is 5.76. The van der Waals surface area contributed by atoms with Gasteiger partial charge in [-0.2, -0.15) is 4.98 Å². The summed E-state index contributed by atoms with van der Waals surface area (Å²) in [5, 5.41) is 34.7. The summed E-state index contributed by atoms with van der Waals surface area (Å²) < 4.78 is 5.13. The number of hydrogen-bond donors (Lipinski definition) is 2. The van der Waals surface area contributed by atoms with Gasteiger partial charge in [-0.3, -0.25) is 10.1 Å². The van der Waals surface area contributed by atoms with Crippen LogP contribution in [0.2, 0.25) is 0 Å². The molecule has 0 saturated carbocycles. The Morgan fingerprint density at radius 3 is 2.41 bits per heavy atom. The van der Waals surface area contributed by atoms with E-state index in [9.17, 15) is 20.3 Å². The lowest BCUT2D eigenvalue weighted by Crippen LogP contribution is -1.94. The van der Waals surface area contributed by atoms with Crippen LogP contribution in [0.3, 0.4) is 0 Å². The maximum atomic E-state index is 11.0. The third kappa shape index (κ3) is 4.12. The van der Waals surface area contributed by atoms with Crippen LogP contribution >= 0.6 is 23.2 Å². The lowest BCUT2D eigenvalue weighted by molar-refractivity contribution is -0.385. The molecule has 1 heterocycles. The summed E-state index contributed by atoms with van der Waals surface area (Å²) in [4.78, 5) is 14.3. The van der Waals surface area contributed by atoms with Gasteiger partial charge in [-0.15, -0.1) is 0 Å². The van der Waals surface area contributed by atoms with Gasteiger partial charge in [-0.25, -0.2) is 0 Å². The minimum Gasteiger partial charge on any atom is -0.504 e. The zero-order chi connectivity index (χ0) is 20.5. The van der Waals surface area contributed by atoms with Crippen molar-refractivity contribution in [2.24, 2.45) is 0 Å². The Morgan fingerprint density at radius 2 is 1.89 bits per heavy atom. The normalized spacial score (nSPS) is 11.7. The molecule has 0 fully saturated rings. The second kappa shape index (κ2) is 7.81. The summed E-state index contributed by atoms with van der Waals surface area (Å²) in [7, 11) is 0. The van der Waals surface area contributed by atoms with E-state index in [0.29, 0.717) is 16.2 Å². The second-order valence-corrected chi connectivity index (χ2v) is 6.60. The average Bonchev–Trinajstić information content (AvgIpc) is 3.05. The first-order valence-electron chi connectivity index (χ1n) is 7.48. The first-order valence-corrected chi connectivity index (χ1v) is 8.24. The van der Waals surface area contributed by atoms with Crippen LogP contribution in [0.4, 0.5) is 5.69 Å². The van der Waals surface area contributed by atoms with Crippen LogP contribution in [0.25, 0.3) is 17.0 Å². The van der Waals surface area contributed by atoms with E-state index in [0.717, 1.165) is 17.7 Å².